The van der Waals surface area contributed by atoms with Crippen molar-refractivity contribution in [2.24, 2.45) is 11.8 Å². The van der Waals surface area contributed by atoms with Crippen LogP contribution in [0.5, 0.6) is 0 Å². The highest BCUT2D eigenvalue weighted by Crippen LogP contribution is 2.53. The standard InChI is InChI=1S/C29H37N3O6/c1-4-30(5-2)20-11-13-21(14-12-20)31-16-9-15-29-24(26(34)32(19(3)18-33)25(29)27(31)35)23-22(38-29)10-7-6-8-17-37-28(23)36/h7,9-15,19,22-25,33H,4-6,8,16-18H2,1-3H3/b10-7-/t19-,22+,23-,24+,25?,29+/m1/s1. The van der Waals surface area contributed by atoms with E-state index in [0.29, 0.717) is 18.7 Å². The second-order valence-electron chi connectivity index (χ2n) is 10.4. The lowest BCUT2D eigenvalue weighted by molar-refractivity contribution is -0.155. The van der Waals surface area contributed by atoms with E-state index in [2.05, 4.69) is 18.7 Å². The van der Waals surface area contributed by atoms with Crippen molar-refractivity contribution in [2.75, 3.05) is 42.6 Å². The molecular weight excluding hydrogens is 486 g/mol. The van der Waals surface area contributed by atoms with E-state index in [4.69, 9.17) is 9.47 Å². The van der Waals surface area contributed by atoms with Gasteiger partial charge in [0.25, 0.3) is 5.91 Å². The van der Waals surface area contributed by atoms with E-state index in [0.717, 1.165) is 25.2 Å². The molecule has 2 fully saturated rings. The molecule has 6 atom stereocenters. The Bertz CT molecular complexity index is 1130. The van der Waals surface area contributed by atoms with E-state index in [9.17, 15) is 19.5 Å². The predicted octanol–water partition coefficient (Wildman–Crippen LogP) is 2.29. The number of hydrogen-bond donors (Lipinski definition) is 1. The zero-order valence-corrected chi connectivity index (χ0v) is 22.3. The Hall–Kier alpha value is -3.17. The molecule has 1 N–H and O–H groups in total. The molecule has 5 rings (SSSR count). The van der Waals surface area contributed by atoms with Crippen molar-refractivity contribution >= 4 is 29.2 Å². The van der Waals surface area contributed by atoms with E-state index >= 15 is 0 Å². The summed E-state index contributed by atoms with van der Waals surface area (Å²) in [6.07, 6.45) is 8.19. The Morgan fingerprint density at radius 2 is 1.84 bits per heavy atom. The SMILES string of the molecule is CCN(CC)c1ccc(N2CC=C[C@]34O[C@H]5/C=C\CCCOC(=O)[C@H]5[C@H]3C(=O)N([C@H](C)CO)C4C2=O)cc1. The molecule has 9 nitrogen and oxygen atoms in total. The molecule has 4 aliphatic rings. The van der Waals surface area contributed by atoms with Gasteiger partial charge in [-0.15, -0.1) is 0 Å². The number of ether oxygens (including phenoxy) is 2. The summed E-state index contributed by atoms with van der Waals surface area (Å²) in [5.74, 6) is -2.95. The second-order valence-corrected chi connectivity index (χ2v) is 10.4. The molecular formula is C29H37N3O6. The van der Waals surface area contributed by atoms with E-state index < -0.39 is 41.6 Å². The molecule has 0 saturated carbocycles. The van der Waals surface area contributed by atoms with Crippen LogP contribution in [0.4, 0.5) is 11.4 Å². The third kappa shape index (κ3) is 4.12. The van der Waals surface area contributed by atoms with Crippen LogP contribution in [-0.4, -0.2) is 84.4 Å². The van der Waals surface area contributed by atoms with Crippen LogP contribution in [0.25, 0.3) is 0 Å². The van der Waals surface area contributed by atoms with E-state index in [1.54, 1.807) is 17.9 Å². The minimum absolute atomic E-state index is 0.270. The molecule has 0 radical (unpaired) electrons. The Morgan fingerprint density at radius 3 is 2.53 bits per heavy atom. The number of likely N-dealkylation sites (tertiary alicyclic amines) is 1. The Kier molecular flexibility index (Phi) is 7.33. The molecule has 38 heavy (non-hydrogen) atoms. The maximum atomic E-state index is 14.3. The van der Waals surface area contributed by atoms with Crippen LogP contribution >= 0.6 is 0 Å². The first-order valence-electron chi connectivity index (χ1n) is 13.7. The lowest BCUT2D eigenvalue weighted by atomic mass is 9.78. The van der Waals surface area contributed by atoms with Crippen molar-refractivity contribution in [2.45, 2.75) is 57.4 Å². The minimum Gasteiger partial charge on any atom is -0.465 e. The second kappa shape index (κ2) is 10.5. The van der Waals surface area contributed by atoms with Gasteiger partial charge in [0.2, 0.25) is 5.91 Å². The molecule has 1 aromatic rings. The number of carbonyl (C=O) groups is 3. The average molecular weight is 524 g/mol. The van der Waals surface area contributed by atoms with Gasteiger partial charge >= 0.3 is 5.97 Å². The van der Waals surface area contributed by atoms with Gasteiger partial charge in [0.1, 0.15) is 17.6 Å². The summed E-state index contributed by atoms with van der Waals surface area (Å²) in [4.78, 5) is 46.9. The van der Waals surface area contributed by atoms with E-state index in [1.807, 2.05) is 42.5 Å². The lowest BCUT2D eigenvalue weighted by Gasteiger charge is -2.37. The minimum atomic E-state index is -1.34. The number of esters is 1. The van der Waals surface area contributed by atoms with Crippen LogP contribution in [0, 0.1) is 11.8 Å². The van der Waals surface area contributed by atoms with Gasteiger partial charge in [-0.2, -0.15) is 0 Å². The molecule has 9 heteroatoms. The third-order valence-corrected chi connectivity index (χ3v) is 8.32. The molecule has 204 valence electrons. The van der Waals surface area contributed by atoms with Crippen LogP contribution in [0.2, 0.25) is 0 Å². The van der Waals surface area contributed by atoms with Gasteiger partial charge in [-0.1, -0.05) is 24.3 Å². The normalized spacial score (nSPS) is 32.4. The summed E-state index contributed by atoms with van der Waals surface area (Å²) in [6.45, 7) is 7.89. The highest BCUT2D eigenvalue weighted by molar-refractivity contribution is 6.05. The number of rotatable bonds is 6. The van der Waals surface area contributed by atoms with Crippen LogP contribution in [-0.2, 0) is 23.9 Å². The van der Waals surface area contributed by atoms with Gasteiger partial charge in [0.15, 0.2) is 0 Å². The average Bonchev–Trinajstić information content (AvgIpc) is 3.34. The molecule has 1 unspecified atom stereocenters. The lowest BCUT2D eigenvalue weighted by Crippen LogP contribution is -2.57. The molecule has 4 aliphatic heterocycles. The van der Waals surface area contributed by atoms with Crippen LogP contribution in [0.15, 0.2) is 48.6 Å². The van der Waals surface area contributed by atoms with Gasteiger partial charge in [-0.05, 0) is 57.9 Å². The molecule has 0 bridgehead atoms. The molecule has 2 amide bonds. The number of allylic oxidation sites excluding steroid dienone is 1. The predicted molar refractivity (Wildman–Crippen MR) is 143 cm³/mol. The first kappa shape index (κ1) is 26.4. The first-order chi connectivity index (χ1) is 18.4. The van der Waals surface area contributed by atoms with Crippen molar-refractivity contribution in [1.82, 2.24) is 4.90 Å². The highest BCUT2D eigenvalue weighted by atomic mass is 16.6. The largest absolute Gasteiger partial charge is 0.465 e. The zero-order chi connectivity index (χ0) is 27.0. The van der Waals surface area contributed by atoms with E-state index in [1.165, 1.54) is 4.90 Å². The van der Waals surface area contributed by atoms with Crippen molar-refractivity contribution in [1.29, 1.82) is 0 Å². The molecule has 4 heterocycles. The van der Waals surface area contributed by atoms with Gasteiger partial charge in [-0.25, -0.2) is 0 Å². The number of aliphatic hydroxyl groups excluding tert-OH is 1. The number of carbonyl (C=O) groups excluding carboxylic acids is 3. The fraction of sp³-hybridized carbons (Fsp3) is 0.552. The summed E-state index contributed by atoms with van der Waals surface area (Å²) in [6, 6.07) is 6.15. The summed E-state index contributed by atoms with van der Waals surface area (Å²) in [5, 5.41) is 10.1. The first-order valence-corrected chi connectivity index (χ1v) is 13.7. The van der Waals surface area contributed by atoms with Gasteiger partial charge in [-0.3, -0.25) is 14.4 Å². The van der Waals surface area contributed by atoms with Gasteiger partial charge < -0.3 is 29.3 Å². The molecule has 1 aromatic carbocycles. The molecule has 2 saturated heterocycles. The quantitative estimate of drug-likeness (QED) is 0.451. The number of amides is 2. The number of nitrogens with zero attached hydrogens (tertiary/aromatic N) is 3. The topological polar surface area (TPSA) is 99.6 Å². The Labute approximate surface area is 223 Å². The van der Waals surface area contributed by atoms with Crippen LogP contribution < -0.4 is 9.80 Å². The number of fused-ring (bicyclic) bond motifs is 2. The smallest absolute Gasteiger partial charge is 0.312 e. The summed E-state index contributed by atoms with van der Waals surface area (Å²) >= 11 is 0. The number of aliphatic hydroxyl groups is 1. The molecule has 1 spiro atoms. The molecule has 0 aliphatic carbocycles. The fourth-order valence-corrected chi connectivity index (χ4v) is 6.42. The number of cyclic esters (lactones) is 1. The van der Waals surface area contributed by atoms with Crippen molar-refractivity contribution < 1.29 is 29.0 Å². The zero-order valence-electron chi connectivity index (χ0n) is 22.3. The highest BCUT2D eigenvalue weighted by Gasteiger charge is 2.72. The number of anilines is 2. The summed E-state index contributed by atoms with van der Waals surface area (Å²) in [7, 11) is 0. The number of hydrogen-bond acceptors (Lipinski definition) is 7. The van der Waals surface area contributed by atoms with Crippen LogP contribution in [0.3, 0.4) is 0 Å². The fourth-order valence-electron chi connectivity index (χ4n) is 6.42. The Balaban J connectivity index is 1.56. The van der Waals surface area contributed by atoms with Crippen LogP contribution in [0.1, 0.15) is 33.6 Å². The molecule has 0 aromatic heterocycles. The van der Waals surface area contributed by atoms with Crippen molar-refractivity contribution in [3.8, 4) is 0 Å². The van der Waals surface area contributed by atoms with Gasteiger partial charge in [0, 0.05) is 31.0 Å². The number of benzene rings is 1. The van der Waals surface area contributed by atoms with Gasteiger partial charge in [0.05, 0.1) is 31.3 Å². The van der Waals surface area contributed by atoms with Crippen molar-refractivity contribution in [3.63, 3.8) is 0 Å². The summed E-state index contributed by atoms with van der Waals surface area (Å²) in [5.41, 5.74) is 0.432. The maximum Gasteiger partial charge on any atom is 0.312 e. The maximum absolute atomic E-state index is 14.3. The third-order valence-electron chi connectivity index (χ3n) is 8.32. The Morgan fingerprint density at radius 1 is 1.11 bits per heavy atom. The van der Waals surface area contributed by atoms with E-state index in [-0.39, 0.29) is 25.0 Å². The monoisotopic (exact) mass is 523 g/mol. The summed E-state index contributed by atoms with van der Waals surface area (Å²) < 4.78 is 12.1. The van der Waals surface area contributed by atoms with Crippen molar-refractivity contribution in [3.05, 3.63) is 48.6 Å².